The molecule has 112 valence electrons. The van der Waals surface area contributed by atoms with E-state index in [0.29, 0.717) is 6.42 Å². The fourth-order valence-electron chi connectivity index (χ4n) is 2.58. The SMILES string of the molecule is FC(F)(F)CCCCN1CCNC(c2ccccc2)C1. The van der Waals surface area contributed by atoms with Crippen molar-refractivity contribution >= 4 is 0 Å². The number of rotatable bonds is 5. The summed E-state index contributed by atoms with van der Waals surface area (Å²) in [7, 11) is 0. The van der Waals surface area contributed by atoms with Crippen LogP contribution in [0.5, 0.6) is 0 Å². The Kier molecular flexibility index (Phi) is 5.43. The van der Waals surface area contributed by atoms with E-state index < -0.39 is 12.6 Å². The van der Waals surface area contributed by atoms with Crippen molar-refractivity contribution in [3.63, 3.8) is 0 Å². The van der Waals surface area contributed by atoms with Crippen LogP contribution in [0, 0.1) is 0 Å². The van der Waals surface area contributed by atoms with Gasteiger partial charge in [-0.05, 0) is 24.9 Å². The van der Waals surface area contributed by atoms with Gasteiger partial charge in [-0.1, -0.05) is 30.3 Å². The second-order valence-corrected chi connectivity index (χ2v) is 5.29. The summed E-state index contributed by atoms with van der Waals surface area (Å²) in [6.45, 7) is 3.42. The minimum atomic E-state index is -4.02. The van der Waals surface area contributed by atoms with E-state index in [2.05, 4.69) is 22.3 Å². The smallest absolute Gasteiger partial charge is 0.308 e. The van der Waals surface area contributed by atoms with Crippen LogP contribution < -0.4 is 5.32 Å². The number of benzene rings is 1. The van der Waals surface area contributed by atoms with Crippen LogP contribution in [0.4, 0.5) is 13.2 Å². The van der Waals surface area contributed by atoms with Crippen LogP contribution in [0.2, 0.25) is 0 Å². The zero-order valence-electron chi connectivity index (χ0n) is 11.5. The predicted molar refractivity (Wildman–Crippen MR) is 73.5 cm³/mol. The van der Waals surface area contributed by atoms with Crippen molar-refractivity contribution in [3.8, 4) is 0 Å². The molecule has 2 nitrogen and oxygen atoms in total. The Bertz CT molecular complexity index is 392. The van der Waals surface area contributed by atoms with Gasteiger partial charge in [-0.25, -0.2) is 0 Å². The summed E-state index contributed by atoms with van der Waals surface area (Å²) in [5.41, 5.74) is 1.24. The van der Waals surface area contributed by atoms with E-state index in [1.54, 1.807) is 0 Å². The van der Waals surface area contributed by atoms with E-state index in [1.807, 2.05) is 18.2 Å². The summed E-state index contributed by atoms with van der Waals surface area (Å²) in [6.07, 6.45) is -3.85. The first-order valence-corrected chi connectivity index (χ1v) is 7.12. The van der Waals surface area contributed by atoms with Gasteiger partial charge in [-0.2, -0.15) is 13.2 Å². The Hall–Kier alpha value is -1.07. The monoisotopic (exact) mass is 286 g/mol. The maximum Gasteiger partial charge on any atom is 0.389 e. The second-order valence-electron chi connectivity index (χ2n) is 5.29. The van der Waals surface area contributed by atoms with Crippen LogP contribution in [0.15, 0.2) is 30.3 Å². The van der Waals surface area contributed by atoms with Crippen molar-refractivity contribution in [2.45, 2.75) is 31.5 Å². The lowest BCUT2D eigenvalue weighted by Gasteiger charge is -2.34. The summed E-state index contributed by atoms with van der Waals surface area (Å²) in [5, 5.41) is 3.46. The van der Waals surface area contributed by atoms with Crippen molar-refractivity contribution in [2.24, 2.45) is 0 Å². The Labute approximate surface area is 118 Å². The number of unbranched alkanes of at least 4 members (excludes halogenated alkanes) is 1. The van der Waals surface area contributed by atoms with E-state index in [-0.39, 0.29) is 12.5 Å². The maximum atomic E-state index is 12.1. The third kappa shape index (κ3) is 5.13. The van der Waals surface area contributed by atoms with E-state index in [1.165, 1.54) is 5.56 Å². The Morgan fingerprint density at radius 3 is 2.60 bits per heavy atom. The maximum absolute atomic E-state index is 12.1. The van der Waals surface area contributed by atoms with E-state index >= 15 is 0 Å². The highest BCUT2D eigenvalue weighted by molar-refractivity contribution is 5.19. The van der Waals surface area contributed by atoms with Crippen LogP contribution in [-0.4, -0.2) is 37.3 Å². The normalized spacial score (nSPS) is 21.1. The third-order valence-corrected chi connectivity index (χ3v) is 3.65. The molecule has 0 spiro atoms. The zero-order valence-corrected chi connectivity index (χ0v) is 11.5. The summed E-state index contributed by atoms with van der Waals surface area (Å²) >= 11 is 0. The van der Waals surface area contributed by atoms with Crippen LogP contribution >= 0.6 is 0 Å². The summed E-state index contributed by atoms with van der Waals surface area (Å²) < 4.78 is 36.2. The molecule has 0 aromatic heterocycles. The Morgan fingerprint density at radius 2 is 1.90 bits per heavy atom. The largest absolute Gasteiger partial charge is 0.389 e. The minimum Gasteiger partial charge on any atom is -0.308 e. The van der Waals surface area contributed by atoms with E-state index in [0.717, 1.165) is 26.2 Å². The Balaban J connectivity index is 1.74. The van der Waals surface area contributed by atoms with Crippen molar-refractivity contribution < 1.29 is 13.2 Å². The molecule has 1 atom stereocenters. The van der Waals surface area contributed by atoms with Crippen molar-refractivity contribution in [2.75, 3.05) is 26.2 Å². The lowest BCUT2D eigenvalue weighted by Crippen LogP contribution is -2.46. The lowest BCUT2D eigenvalue weighted by atomic mass is 10.0. The van der Waals surface area contributed by atoms with Crippen molar-refractivity contribution in [1.29, 1.82) is 0 Å². The fourth-order valence-corrected chi connectivity index (χ4v) is 2.58. The number of alkyl halides is 3. The highest BCUT2D eigenvalue weighted by Crippen LogP contribution is 2.23. The van der Waals surface area contributed by atoms with Gasteiger partial charge in [-0.15, -0.1) is 0 Å². The molecule has 20 heavy (non-hydrogen) atoms. The molecule has 1 aromatic rings. The van der Waals surface area contributed by atoms with Gasteiger partial charge in [-0.3, -0.25) is 0 Å². The zero-order chi connectivity index (χ0) is 14.4. The van der Waals surface area contributed by atoms with Gasteiger partial charge < -0.3 is 10.2 Å². The van der Waals surface area contributed by atoms with Gasteiger partial charge in [0.1, 0.15) is 0 Å². The van der Waals surface area contributed by atoms with Crippen LogP contribution in [0.3, 0.4) is 0 Å². The average molecular weight is 286 g/mol. The molecule has 1 saturated heterocycles. The average Bonchev–Trinajstić information content (AvgIpc) is 2.44. The lowest BCUT2D eigenvalue weighted by molar-refractivity contribution is -0.135. The molecule has 1 fully saturated rings. The molecular weight excluding hydrogens is 265 g/mol. The van der Waals surface area contributed by atoms with Crippen LogP contribution in [0.25, 0.3) is 0 Å². The molecule has 5 heteroatoms. The number of nitrogens with one attached hydrogen (secondary N) is 1. The minimum absolute atomic E-state index is 0.226. The van der Waals surface area contributed by atoms with E-state index in [4.69, 9.17) is 0 Å². The molecule has 1 heterocycles. The topological polar surface area (TPSA) is 15.3 Å². The van der Waals surface area contributed by atoms with Gasteiger partial charge >= 0.3 is 6.18 Å². The van der Waals surface area contributed by atoms with Gasteiger partial charge in [0.25, 0.3) is 0 Å². The third-order valence-electron chi connectivity index (χ3n) is 3.65. The number of hydrogen-bond donors (Lipinski definition) is 1. The van der Waals surface area contributed by atoms with Crippen LogP contribution in [-0.2, 0) is 0 Å². The number of nitrogens with zero attached hydrogens (tertiary/aromatic N) is 1. The summed E-state index contributed by atoms with van der Waals surface area (Å²) in [6, 6.07) is 10.5. The first kappa shape index (κ1) is 15.3. The molecular formula is C15H21F3N2. The molecule has 0 amide bonds. The number of halogens is 3. The molecule has 0 aliphatic carbocycles. The second kappa shape index (κ2) is 7.09. The number of hydrogen-bond acceptors (Lipinski definition) is 2. The molecule has 0 radical (unpaired) electrons. The standard InChI is InChI=1S/C15H21F3N2/c16-15(17,18)8-4-5-10-20-11-9-19-14(12-20)13-6-2-1-3-7-13/h1-3,6-7,14,19H,4-5,8-12H2. The molecule has 0 saturated carbocycles. The molecule has 1 N–H and O–H groups in total. The molecule has 1 aromatic carbocycles. The first-order chi connectivity index (χ1) is 9.54. The van der Waals surface area contributed by atoms with Gasteiger partial charge in [0, 0.05) is 32.1 Å². The molecule has 0 bridgehead atoms. The fraction of sp³-hybridized carbons (Fsp3) is 0.600. The molecule has 1 aliphatic heterocycles. The summed E-state index contributed by atoms with van der Waals surface area (Å²) in [4.78, 5) is 2.25. The highest BCUT2D eigenvalue weighted by Gasteiger charge is 2.26. The van der Waals surface area contributed by atoms with Crippen molar-refractivity contribution in [1.82, 2.24) is 10.2 Å². The van der Waals surface area contributed by atoms with Crippen LogP contribution in [0.1, 0.15) is 30.9 Å². The van der Waals surface area contributed by atoms with Gasteiger partial charge in [0.15, 0.2) is 0 Å². The Morgan fingerprint density at radius 1 is 1.15 bits per heavy atom. The predicted octanol–water partition coefficient (Wildman–Crippen LogP) is 3.37. The van der Waals surface area contributed by atoms with Gasteiger partial charge in [0.05, 0.1) is 0 Å². The molecule has 1 unspecified atom stereocenters. The van der Waals surface area contributed by atoms with Gasteiger partial charge in [0.2, 0.25) is 0 Å². The molecule has 1 aliphatic rings. The van der Waals surface area contributed by atoms with E-state index in [9.17, 15) is 13.2 Å². The first-order valence-electron chi connectivity index (χ1n) is 7.12. The highest BCUT2D eigenvalue weighted by atomic mass is 19.4. The van der Waals surface area contributed by atoms with Crippen molar-refractivity contribution in [3.05, 3.63) is 35.9 Å². The quantitative estimate of drug-likeness (QED) is 0.835. The molecule has 2 rings (SSSR count). The summed E-state index contributed by atoms with van der Waals surface area (Å²) in [5.74, 6) is 0. The number of piperazine rings is 1.